The number of aldehydes is 1. The van der Waals surface area contributed by atoms with Gasteiger partial charge in [-0.05, 0) is 27.2 Å². The van der Waals surface area contributed by atoms with Crippen LogP contribution in [-0.2, 0) is 19.4 Å². The first-order chi connectivity index (χ1) is 6.34. The molecule has 1 rings (SSSR count). The Hall–Kier alpha value is -0.420. The van der Waals surface area contributed by atoms with Crippen LogP contribution < -0.4 is 0 Å². The normalized spacial score (nSPS) is 36.1. The van der Waals surface area contributed by atoms with Gasteiger partial charge in [0.25, 0.3) is 0 Å². The first-order valence-electron chi connectivity index (χ1n) is 4.70. The first-order valence-corrected chi connectivity index (χ1v) is 6.41. The maximum absolute atomic E-state index is 11.5. The summed E-state index contributed by atoms with van der Waals surface area (Å²) in [5.74, 6) is 0.0413. The summed E-state index contributed by atoms with van der Waals surface area (Å²) in [6, 6.07) is 0. The van der Waals surface area contributed by atoms with Crippen molar-refractivity contribution >= 4 is 16.1 Å². The molecule has 4 nitrogen and oxygen atoms in total. The van der Waals surface area contributed by atoms with Gasteiger partial charge in [-0.1, -0.05) is 0 Å². The van der Waals surface area contributed by atoms with Gasteiger partial charge < -0.3 is 9.53 Å². The highest BCUT2D eigenvalue weighted by molar-refractivity contribution is 7.92. The van der Waals surface area contributed by atoms with Crippen molar-refractivity contribution in [3.63, 3.8) is 0 Å². The van der Waals surface area contributed by atoms with Crippen LogP contribution >= 0.6 is 0 Å². The molecule has 0 aromatic rings. The number of sulfone groups is 1. The molecule has 1 fully saturated rings. The SMILES string of the molecule is CC(C)OC1(C=O)CCS(=O)(=O)C1C. The molecule has 0 aromatic heterocycles. The third-order valence-corrected chi connectivity index (χ3v) is 4.91. The van der Waals surface area contributed by atoms with Crippen LogP contribution in [0.5, 0.6) is 0 Å². The Morgan fingerprint density at radius 1 is 1.50 bits per heavy atom. The average Bonchev–Trinajstić information content (AvgIpc) is 2.30. The Morgan fingerprint density at radius 3 is 2.36 bits per heavy atom. The van der Waals surface area contributed by atoms with Crippen LogP contribution in [0.2, 0.25) is 0 Å². The molecule has 0 aliphatic carbocycles. The molecule has 0 spiro atoms. The summed E-state index contributed by atoms with van der Waals surface area (Å²) in [5, 5.41) is -0.727. The zero-order valence-corrected chi connectivity index (χ0v) is 9.50. The summed E-state index contributed by atoms with van der Waals surface area (Å²) >= 11 is 0. The van der Waals surface area contributed by atoms with E-state index in [0.717, 1.165) is 0 Å². The summed E-state index contributed by atoms with van der Waals surface area (Å²) in [5.41, 5.74) is -1.12. The molecule has 5 heteroatoms. The summed E-state index contributed by atoms with van der Waals surface area (Å²) in [4.78, 5) is 11.0. The van der Waals surface area contributed by atoms with E-state index >= 15 is 0 Å². The van der Waals surface area contributed by atoms with Crippen LogP contribution in [0.25, 0.3) is 0 Å². The van der Waals surface area contributed by atoms with Crippen molar-refractivity contribution in [1.29, 1.82) is 0 Å². The van der Waals surface area contributed by atoms with Crippen molar-refractivity contribution in [3.05, 3.63) is 0 Å². The molecule has 1 aliphatic rings. The van der Waals surface area contributed by atoms with Gasteiger partial charge in [0.2, 0.25) is 0 Å². The van der Waals surface area contributed by atoms with Crippen LogP contribution in [0.3, 0.4) is 0 Å². The lowest BCUT2D eigenvalue weighted by atomic mass is 9.99. The molecule has 0 bridgehead atoms. The van der Waals surface area contributed by atoms with Gasteiger partial charge in [0.1, 0.15) is 5.60 Å². The quantitative estimate of drug-likeness (QED) is 0.652. The van der Waals surface area contributed by atoms with Crippen LogP contribution in [0, 0.1) is 0 Å². The molecule has 0 saturated carbocycles. The number of carbonyl (C=O) groups excluding carboxylic acids is 1. The largest absolute Gasteiger partial charge is 0.363 e. The van der Waals surface area contributed by atoms with E-state index in [2.05, 4.69) is 0 Å². The minimum Gasteiger partial charge on any atom is -0.363 e. The molecule has 14 heavy (non-hydrogen) atoms. The van der Waals surface area contributed by atoms with Crippen LogP contribution in [-0.4, -0.2) is 37.4 Å². The third-order valence-electron chi connectivity index (χ3n) is 2.66. The topological polar surface area (TPSA) is 60.4 Å². The van der Waals surface area contributed by atoms with Crippen molar-refractivity contribution in [1.82, 2.24) is 0 Å². The van der Waals surface area contributed by atoms with E-state index in [9.17, 15) is 13.2 Å². The van der Waals surface area contributed by atoms with Crippen LogP contribution in [0.15, 0.2) is 0 Å². The zero-order valence-electron chi connectivity index (χ0n) is 8.69. The molecule has 0 amide bonds. The second-order valence-electron chi connectivity index (χ2n) is 4.00. The fourth-order valence-electron chi connectivity index (χ4n) is 1.76. The highest BCUT2D eigenvalue weighted by Gasteiger charge is 2.51. The maximum atomic E-state index is 11.5. The van der Waals surface area contributed by atoms with Crippen molar-refractivity contribution in [2.75, 3.05) is 5.75 Å². The van der Waals surface area contributed by atoms with Crippen LogP contribution in [0.4, 0.5) is 0 Å². The molecular formula is C9H16O4S. The van der Waals surface area contributed by atoms with E-state index < -0.39 is 20.7 Å². The highest BCUT2D eigenvalue weighted by atomic mass is 32.2. The number of rotatable bonds is 3. The van der Waals surface area contributed by atoms with Crippen molar-refractivity contribution in [2.45, 2.75) is 44.1 Å². The van der Waals surface area contributed by atoms with Gasteiger partial charge in [-0.2, -0.15) is 0 Å². The number of carbonyl (C=O) groups is 1. The molecule has 0 radical (unpaired) electrons. The molecule has 2 unspecified atom stereocenters. The fourth-order valence-corrected chi connectivity index (χ4v) is 3.56. The van der Waals surface area contributed by atoms with Gasteiger partial charge in [0.15, 0.2) is 16.1 Å². The van der Waals surface area contributed by atoms with Gasteiger partial charge in [0.05, 0.1) is 17.1 Å². The molecule has 1 heterocycles. The van der Waals surface area contributed by atoms with E-state index in [-0.39, 0.29) is 18.3 Å². The van der Waals surface area contributed by atoms with E-state index in [1.165, 1.54) is 0 Å². The lowest BCUT2D eigenvalue weighted by molar-refractivity contribution is -0.136. The highest BCUT2D eigenvalue weighted by Crippen LogP contribution is 2.33. The summed E-state index contributed by atoms with van der Waals surface area (Å²) in [6.45, 7) is 5.13. The fraction of sp³-hybridized carbons (Fsp3) is 0.889. The van der Waals surface area contributed by atoms with Gasteiger partial charge in [-0.25, -0.2) is 8.42 Å². The van der Waals surface area contributed by atoms with Crippen molar-refractivity contribution in [3.8, 4) is 0 Å². The average molecular weight is 220 g/mol. The standard InChI is InChI=1S/C9H16O4S/c1-7(2)13-9(6-10)4-5-14(11,12)8(9)3/h6-8H,4-5H2,1-3H3. The van der Waals surface area contributed by atoms with Gasteiger partial charge in [0, 0.05) is 0 Å². The minimum atomic E-state index is -3.15. The number of ether oxygens (including phenoxy) is 1. The van der Waals surface area contributed by atoms with Crippen LogP contribution in [0.1, 0.15) is 27.2 Å². The predicted molar refractivity (Wildman–Crippen MR) is 52.9 cm³/mol. The Bertz CT molecular complexity index is 320. The Labute approximate surface area is 84.6 Å². The second kappa shape index (κ2) is 3.62. The second-order valence-corrected chi connectivity index (χ2v) is 6.44. The Morgan fingerprint density at radius 2 is 2.07 bits per heavy atom. The number of hydrogen-bond acceptors (Lipinski definition) is 4. The van der Waals surface area contributed by atoms with E-state index in [1.54, 1.807) is 20.8 Å². The monoisotopic (exact) mass is 220 g/mol. The lowest BCUT2D eigenvalue weighted by Gasteiger charge is -2.28. The predicted octanol–water partition coefficient (Wildman–Crippen LogP) is 0.556. The molecule has 82 valence electrons. The summed E-state index contributed by atoms with van der Waals surface area (Å²) in [7, 11) is -3.15. The first kappa shape index (κ1) is 11.7. The summed E-state index contributed by atoms with van der Waals surface area (Å²) < 4.78 is 28.4. The molecule has 1 aliphatic heterocycles. The minimum absolute atomic E-state index is 0.0413. The Balaban J connectivity index is 2.99. The Kier molecular flexibility index (Phi) is 3.02. The smallest absolute Gasteiger partial charge is 0.156 e. The number of hydrogen-bond donors (Lipinski definition) is 0. The summed E-state index contributed by atoms with van der Waals surface area (Å²) in [6.07, 6.45) is 0.774. The molecule has 0 N–H and O–H groups in total. The van der Waals surface area contributed by atoms with Gasteiger partial charge in [-0.3, -0.25) is 0 Å². The van der Waals surface area contributed by atoms with E-state index in [1.807, 2.05) is 0 Å². The van der Waals surface area contributed by atoms with Gasteiger partial charge in [-0.15, -0.1) is 0 Å². The van der Waals surface area contributed by atoms with Crippen molar-refractivity contribution in [2.24, 2.45) is 0 Å². The maximum Gasteiger partial charge on any atom is 0.156 e. The molecular weight excluding hydrogens is 204 g/mol. The lowest BCUT2D eigenvalue weighted by Crippen LogP contribution is -2.44. The molecule has 0 aromatic carbocycles. The van der Waals surface area contributed by atoms with Crippen molar-refractivity contribution < 1.29 is 17.9 Å². The zero-order chi connectivity index (χ0) is 11.0. The van der Waals surface area contributed by atoms with E-state index in [4.69, 9.17) is 4.74 Å². The molecule has 2 atom stereocenters. The van der Waals surface area contributed by atoms with E-state index in [0.29, 0.717) is 6.29 Å². The molecule has 1 saturated heterocycles. The van der Waals surface area contributed by atoms with Gasteiger partial charge >= 0.3 is 0 Å². The third kappa shape index (κ3) is 1.83.